The number of hydrogen-bond donors (Lipinski definition) is 1. The van der Waals surface area contributed by atoms with Crippen LogP contribution >= 0.6 is 11.3 Å². The predicted molar refractivity (Wildman–Crippen MR) is 102 cm³/mol. The Hall–Kier alpha value is -3.26. The highest BCUT2D eigenvalue weighted by molar-refractivity contribution is 7.22. The molecule has 6 nitrogen and oxygen atoms in total. The minimum atomic E-state index is -0.341. The van der Waals surface area contributed by atoms with E-state index in [1.807, 2.05) is 25.1 Å². The second-order valence-corrected chi connectivity index (χ2v) is 6.94. The molecule has 0 fully saturated rings. The van der Waals surface area contributed by atoms with Crippen LogP contribution < -0.4 is 10.1 Å². The number of halogens is 1. The number of anilines is 1. The molecule has 0 spiro atoms. The number of amides is 1. The summed E-state index contributed by atoms with van der Waals surface area (Å²) >= 11 is 1.42. The maximum absolute atomic E-state index is 12.9. The molecule has 27 heavy (non-hydrogen) atoms. The molecule has 0 bridgehead atoms. The standard InChI is InChI=1S/C19H15FN4O2S/c1-12-2-7-15-17(10-12)27-19(21-15)22-18(25)16-8-9-24(23-16)11-26-14-5-3-13(20)4-6-14/h2-10H,11H2,1H3,(H,21,22,25). The van der Waals surface area contributed by atoms with Gasteiger partial charge in [0, 0.05) is 6.20 Å². The highest BCUT2D eigenvalue weighted by Gasteiger charge is 2.13. The van der Waals surface area contributed by atoms with Crippen molar-refractivity contribution in [2.24, 2.45) is 0 Å². The number of nitrogens with zero attached hydrogens (tertiary/aromatic N) is 3. The number of aryl methyl sites for hydroxylation is 1. The largest absolute Gasteiger partial charge is 0.471 e. The number of thiazole rings is 1. The van der Waals surface area contributed by atoms with Crippen molar-refractivity contribution in [2.45, 2.75) is 13.7 Å². The van der Waals surface area contributed by atoms with E-state index in [0.717, 1.165) is 15.8 Å². The Morgan fingerprint density at radius 2 is 2.04 bits per heavy atom. The summed E-state index contributed by atoms with van der Waals surface area (Å²) in [6, 6.07) is 13.2. The van der Waals surface area contributed by atoms with E-state index in [0.29, 0.717) is 10.9 Å². The first-order valence-electron chi connectivity index (χ1n) is 8.17. The van der Waals surface area contributed by atoms with E-state index in [1.54, 1.807) is 12.3 Å². The van der Waals surface area contributed by atoms with E-state index in [-0.39, 0.29) is 24.1 Å². The summed E-state index contributed by atoms with van der Waals surface area (Å²) in [5, 5.41) is 7.49. The molecule has 0 atom stereocenters. The molecule has 2 aromatic heterocycles. The highest BCUT2D eigenvalue weighted by Crippen LogP contribution is 2.26. The fourth-order valence-corrected chi connectivity index (χ4v) is 3.43. The molecule has 0 unspecified atom stereocenters. The molecule has 0 radical (unpaired) electrons. The Morgan fingerprint density at radius 1 is 1.22 bits per heavy atom. The van der Waals surface area contributed by atoms with Crippen LogP contribution in [0.1, 0.15) is 16.1 Å². The third kappa shape index (κ3) is 3.95. The van der Waals surface area contributed by atoms with Gasteiger partial charge in [-0.1, -0.05) is 17.4 Å². The van der Waals surface area contributed by atoms with Crippen molar-refractivity contribution in [2.75, 3.05) is 5.32 Å². The monoisotopic (exact) mass is 382 g/mol. The number of nitrogens with one attached hydrogen (secondary N) is 1. The van der Waals surface area contributed by atoms with Crippen LogP contribution in [0.3, 0.4) is 0 Å². The van der Waals surface area contributed by atoms with Crippen molar-refractivity contribution >= 4 is 32.6 Å². The van der Waals surface area contributed by atoms with Gasteiger partial charge >= 0.3 is 0 Å². The molecule has 0 aliphatic carbocycles. The topological polar surface area (TPSA) is 69.0 Å². The molecule has 136 valence electrons. The lowest BCUT2D eigenvalue weighted by atomic mass is 10.2. The number of carbonyl (C=O) groups is 1. The maximum Gasteiger partial charge on any atom is 0.277 e. The molecule has 4 aromatic rings. The van der Waals surface area contributed by atoms with Gasteiger partial charge in [0.1, 0.15) is 11.6 Å². The highest BCUT2D eigenvalue weighted by atomic mass is 32.1. The van der Waals surface area contributed by atoms with Crippen LogP contribution in [0.25, 0.3) is 10.2 Å². The smallest absolute Gasteiger partial charge is 0.277 e. The van der Waals surface area contributed by atoms with Crippen molar-refractivity contribution in [1.29, 1.82) is 0 Å². The van der Waals surface area contributed by atoms with Crippen LogP contribution in [0.4, 0.5) is 9.52 Å². The molecule has 2 heterocycles. The summed E-state index contributed by atoms with van der Waals surface area (Å²) in [5.41, 5.74) is 2.25. The van der Waals surface area contributed by atoms with Gasteiger partial charge < -0.3 is 4.74 Å². The fourth-order valence-electron chi connectivity index (χ4n) is 2.47. The zero-order chi connectivity index (χ0) is 18.8. The minimum Gasteiger partial charge on any atom is -0.471 e. The number of aromatic nitrogens is 3. The van der Waals surface area contributed by atoms with E-state index in [4.69, 9.17) is 4.74 Å². The molecule has 8 heteroatoms. The minimum absolute atomic E-state index is 0.110. The van der Waals surface area contributed by atoms with Gasteiger partial charge in [-0.2, -0.15) is 5.10 Å². The Labute approximate surface area is 158 Å². The van der Waals surface area contributed by atoms with Gasteiger partial charge in [-0.15, -0.1) is 0 Å². The van der Waals surface area contributed by atoms with Crippen molar-refractivity contribution in [3.63, 3.8) is 0 Å². The third-order valence-corrected chi connectivity index (χ3v) is 4.75. The quantitative estimate of drug-likeness (QED) is 0.561. The second kappa shape index (κ2) is 7.16. The van der Waals surface area contributed by atoms with Gasteiger partial charge in [0.2, 0.25) is 0 Å². The first-order chi connectivity index (χ1) is 13.1. The molecule has 0 saturated carbocycles. The molecule has 1 N–H and O–H groups in total. The SMILES string of the molecule is Cc1ccc2nc(NC(=O)c3ccn(COc4ccc(F)cc4)n3)sc2c1. The lowest BCUT2D eigenvalue weighted by Gasteiger charge is -2.05. The van der Waals surface area contributed by atoms with Gasteiger partial charge in [0.15, 0.2) is 17.6 Å². The zero-order valence-electron chi connectivity index (χ0n) is 14.3. The van der Waals surface area contributed by atoms with Gasteiger partial charge in [-0.25, -0.2) is 14.1 Å². The molecular weight excluding hydrogens is 367 g/mol. The normalized spacial score (nSPS) is 10.9. The Morgan fingerprint density at radius 3 is 2.85 bits per heavy atom. The fraction of sp³-hybridized carbons (Fsp3) is 0.105. The van der Waals surface area contributed by atoms with Crippen molar-refractivity contribution in [3.05, 3.63) is 71.8 Å². The van der Waals surface area contributed by atoms with Gasteiger partial charge in [0.25, 0.3) is 5.91 Å². The van der Waals surface area contributed by atoms with E-state index < -0.39 is 0 Å². The Bertz CT molecular complexity index is 1100. The number of hydrogen-bond acceptors (Lipinski definition) is 5. The Kier molecular flexibility index (Phi) is 4.55. The number of benzene rings is 2. The summed E-state index contributed by atoms with van der Waals surface area (Å²) in [6.07, 6.45) is 1.64. The number of fused-ring (bicyclic) bond motifs is 1. The molecule has 0 aliphatic rings. The van der Waals surface area contributed by atoms with E-state index in [9.17, 15) is 9.18 Å². The van der Waals surface area contributed by atoms with E-state index in [2.05, 4.69) is 15.4 Å². The van der Waals surface area contributed by atoms with E-state index in [1.165, 1.54) is 40.3 Å². The molecule has 0 aliphatic heterocycles. The third-order valence-electron chi connectivity index (χ3n) is 3.81. The van der Waals surface area contributed by atoms with Crippen molar-refractivity contribution in [3.8, 4) is 5.75 Å². The van der Waals surface area contributed by atoms with Crippen LogP contribution in [-0.4, -0.2) is 20.7 Å². The van der Waals surface area contributed by atoms with Crippen LogP contribution in [0.5, 0.6) is 5.75 Å². The molecule has 1 amide bonds. The molecular formula is C19H15FN4O2S. The molecule has 4 rings (SSSR count). The van der Waals surface area contributed by atoms with Crippen molar-refractivity contribution < 1.29 is 13.9 Å². The lowest BCUT2D eigenvalue weighted by molar-refractivity contribution is 0.102. The van der Waals surface area contributed by atoms with Gasteiger partial charge in [0.05, 0.1) is 10.2 Å². The lowest BCUT2D eigenvalue weighted by Crippen LogP contribution is -2.14. The summed E-state index contributed by atoms with van der Waals surface area (Å²) in [5.74, 6) is -0.153. The van der Waals surface area contributed by atoms with Gasteiger partial charge in [-0.05, 0) is 55.0 Å². The van der Waals surface area contributed by atoms with E-state index >= 15 is 0 Å². The van der Waals surface area contributed by atoms with Crippen LogP contribution in [-0.2, 0) is 6.73 Å². The second-order valence-electron chi connectivity index (χ2n) is 5.91. The van der Waals surface area contributed by atoms with Crippen LogP contribution in [0.15, 0.2) is 54.7 Å². The average molecular weight is 382 g/mol. The van der Waals surface area contributed by atoms with Crippen LogP contribution in [0, 0.1) is 12.7 Å². The number of ether oxygens (including phenoxy) is 1. The first kappa shape index (κ1) is 17.2. The number of rotatable bonds is 5. The summed E-state index contributed by atoms with van der Waals surface area (Å²) in [6.45, 7) is 2.12. The average Bonchev–Trinajstić information content (AvgIpc) is 3.27. The van der Waals surface area contributed by atoms with Gasteiger partial charge in [-0.3, -0.25) is 10.1 Å². The number of carbonyl (C=O) groups excluding carboxylic acids is 1. The Balaban J connectivity index is 1.40. The predicted octanol–water partition coefficient (Wildman–Crippen LogP) is 4.23. The maximum atomic E-state index is 12.9. The first-order valence-corrected chi connectivity index (χ1v) is 8.99. The summed E-state index contributed by atoms with van der Waals surface area (Å²) in [4.78, 5) is 16.8. The summed E-state index contributed by atoms with van der Waals surface area (Å²) < 4.78 is 20.9. The zero-order valence-corrected chi connectivity index (χ0v) is 15.2. The molecule has 2 aromatic carbocycles. The van der Waals surface area contributed by atoms with Crippen molar-refractivity contribution in [1.82, 2.24) is 14.8 Å². The molecule has 0 saturated heterocycles. The summed E-state index contributed by atoms with van der Waals surface area (Å²) in [7, 11) is 0. The van der Waals surface area contributed by atoms with Crippen LogP contribution in [0.2, 0.25) is 0 Å².